The Morgan fingerprint density at radius 1 is 0.402 bits per heavy atom. The van der Waals surface area contributed by atoms with Gasteiger partial charge in [0.25, 0.3) is 0 Å². The second kappa shape index (κ2) is 21.6. The molecule has 0 aliphatic heterocycles. The molecule has 5 heterocycles. The standard InChI is InChI=1S/C52H36N4S.C12H9N.C11H10O/c1-5-13-39(14-6-1)53-31-29-37-33-43(23-27-49(37)53)55(41-17-9-3-10-18-41)45-21-25-47-48-26-22-46(36-52(48)57-51(47)35-45)56(42-19-11-4-12-20-42)44-24-28-50-38(34-44)30-32-54(50)40-15-7-2-8-16-40;1-2-4-10-9(3-1)5-6-12-11(10)7-8-13-12;1-3-9-8(2)12-11-7-5-4-6-10(9)11/h1-36H;1-8,13H;3-7H,2H2,1H3/b;;9-3+. The molecule has 6 nitrogen and oxygen atoms in total. The number of anilines is 6. The summed E-state index contributed by atoms with van der Waals surface area (Å²) in [6.07, 6.45) is 8.33. The third-order valence-corrected chi connectivity index (χ3v) is 16.5. The van der Waals surface area contributed by atoms with E-state index < -0.39 is 0 Å². The molecule has 0 aliphatic carbocycles. The largest absolute Gasteiger partial charge is 0.457 e. The lowest BCUT2D eigenvalue weighted by molar-refractivity contribution is 0.577. The van der Waals surface area contributed by atoms with Gasteiger partial charge in [-0.15, -0.1) is 11.3 Å². The highest BCUT2D eigenvalue weighted by Gasteiger charge is 2.19. The molecule has 1 N–H and O–H groups in total. The molecule has 7 heteroatoms. The van der Waals surface area contributed by atoms with Gasteiger partial charge in [-0.2, -0.15) is 0 Å². The smallest absolute Gasteiger partial charge is 0.135 e. The maximum absolute atomic E-state index is 5.45. The number of aromatic amines is 1. The fraction of sp³-hybridized carbons (Fsp3) is 0.0133. The molecule has 392 valence electrons. The quantitative estimate of drug-likeness (QED) is 0.165. The molecular formula is C75H55N5OS. The number of para-hydroxylation sites is 5. The van der Waals surface area contributed by atoms with E-state index in [9.17, 15) is 0 Å². The van der Waals surface area contributed by atoms with Crippen LogP contribution in [0.2, 0.25) is 0 Å². The minimum atomic E-state index is 0.749. The SMILES string of the molecule is C=c1oc2ccccc2/c1=C/C.c1ccc(N(c2ccc3c(ccn3-c3ccccc3)c2)c2ccc3c(c2)sc2cc(N(c4ccccc4)c4ccc5c(ccn5-c5ccccc5)c4)ccc23)cc1.c1ccc2c(c1)ccc1[nH]ccc12. The molecule has 0 unspecified atom stereocenters. The normalized spacial score (nSPS) is 11.6. The Bertz CT molecular complexity index is 4820. The lowest BCUT2D eigenvalue weighted by atomic mass is 10.1. The molecule has 0 spiro atoms. The number of aromatic nitrogens is 3. The van der Waals surface area contributed by atoms with Crippen LogP contribution in [-0.4, -0.2) is 14.1 Å². The van der Waals surface area contributed by atoms with Gasteiger partial charge in [0.2, 0.25) is 0 Å². The predicted octanol–water partition coefficient (Wildman–Crippen LogP) is 19.8. The third-order valence-electron chi connectivity index (χ3n) is 15.4. The molecule has 0 saturated heterocycles. The minimum absolute atomic E-state index is 0.749. The zero-order valence-electron chi connectivity index (χ0n) is 45.1. The Kier molecular flexibility index (Phi) is 13.1. The van der Waals surface area contributed by atoms with E-state index in [0.29, 0.717) is 0 Å². The molecule has 0 amide bonds. The monoisotopic (exact) mass is 1070 g/mol. The summed E-state index contributed by atoms with van der Waals surface area (Å²) in [5.41, 5.74) is 14.3. The van der Waals surface area contributed by atoms with E-state index in [4.69, 9.17) is 4.42 Å². The number of hydrogen-bond donors (Lipinski definition) is 1. The van der Waals surface area contributed by atoms with E-state index in [0.717, 1.165) is 67.1 Å². The van der Waals surface area contributed by atoms with Crippen molar-refractivity contribution in [3.63, 3.8) is 0 Å². The van der Waals surface area contributed by atoms with Gasteiger partial charge in [-0.25, -0.2) is 0 Å². The van der Waals surface area contributed by atoms with Gasteiger partial charge in [-0.05, 0) is 157 Å². The molecule has 0 bridgehead atoms. The van der Waals surface area contributed by atoms with Crippen LogP contribution in [0.4, 0.5) is 34.1 Å². The van der Waals surface area contributed by atoms with Gasteiger partial charge in [0.15, 0.2) is 0 Å². The van der Waals surface area contributed by atoms with Crippen molar-refractivity contribution < 1.29 is 4.42 Å². The second-order valence-electron chi connectivity index (χ2n) is 20.3. The predicted molar refractivity (Wildman–Crippen MR) is 349 cm³/mol. The Labute approximate surface area is 478 Å². The lowest BCUT2D eigenvalue weighted by Gasteiger charge is -2.26. The van der Waals surface area contributed by atoms with E-state index >= 15 is 0 Å². The van der Waals surface area contributed by atoms with Crippen LogP contribution in [0.1, 0.15) is 6.92 Å². The van der Waals surface area contributed by atoms with E-state index in [2.05, 4.69) is 292 Å². The summed E-state index contributed by atoms with van der Waals surface area (Å²) in [5, 5.41) is 11.1. The topological polar surface area (TPSA) is 45.3 Å². The molecule has 0 radical (unpaired) electrons. The Morgan fingerprint density at radius 3 is 1.43 bits per heavy atom. The number of H-pyrrole nitrogens is 1. The first-order valence-electron chi connectivity index (χ1n) is 27.6. The highest BCUT2D eigenvalue weighted by atomic mass is 32.1. The van der Waals surface area contributed by atoms with Crippen molar-refractivity contribution in [2.45, 2.75) is 6.92 Å². The van der Waals surface area contributed by atoms with E-state index in [1.54, 1.807) is 0 Å². The molecule has 0 atom stereocenters. The van der Waals surface area contributed by atoms with Crippen LogP contribution in [0.5, 0.6) is 0 Å². The van der Waals surface area contributed by atoms with Gasteiger partial charge in [-0.1, -0.05) is 146 Å². The number of thiophene rings is 1. The molecule has 5 aromatic heterocycles. The van der Waals surface area contributed by atoms with Gasteiger partial charge in [0, 0.05) is 117 Å². The first-order valence-corrected chi connectivity index (χ1v) is 28.4. The number of nitrogens with zero attached hydrogens (tertiary/aromatic N) is 4. The minimum Gasteiger partial charge on any atom is -0.457 e. The number of furan rings is 1. The van der Waals surface area contributed by atoms with Gasteiger partial charge < -0.3 is 28.3 Å². The fourth-order valence-corrected chi connectivity index (χ4v) is 12.7. The van der Waals surface area contributed by atoms with Crippen molar-refractivity contribution in [2.75, 3.05) is 9.80 Å². The van der Waals surface area contributed by atoms with Gasteiger partial charge in [0.1, 0.15) is 11.0 Å². The molecule has 0 fully saturated rings. The number of fused-ring (bicyclic) bond motifs is 9. The van der Waals surface area contributed by atoms with Crippen LogP contribution < -0.4 is 20.4 Å². The summed E-state index contributed by atoms with van der Waals surface area (Å²) in [4.78, 5) is 7.95. The number of rotatable bonds is 8. The highest BCUT2D eigenvalue weighted by Crippen LogP contribution is 2.44. The second-order valence-corrected chi connectivity index (χ2v) is 21.4. The van der Waals surface area contributed by atoms with Crippen LogP contribution in [0.15, 0.2) is 296 Å². The van der Waals surface area contributed by atoms with E-state index in [1.807, 2.05) is 54.8 Å². The van der Waals surface area contributed by atoms with E-state index in [-0.39, 0.29) is 0 Å². The summed E-state index contributed by atoms with van der Waals surface area (Å²) >= 11 is 1.85. The van der Waals surface area contributed by atoms with Crippen LogP contribution in [-0.2, 0) is 0 Å². The van der Waals surface area contributed by atoms with E-state index in [1.165, 1.54) is 63.7 Å². The van der Waals surface area contributed by atoms with Crippen molar-refractivity contribution in [3.05, 3.63) is 302 Å². The summed E-state index contributed by atoms with van der Waals surface area (Å²) in [5.74, 6) is 0. The number of benzene rings is 11. The van der Waals surface area contributed by atoms with Crippen molar-refractivity contribution >= 4 is 133 Å². The first kappa shape index (κ1) is 49.7. The summed E-state index contributed by atoms with van der Waals surface area (Å²) in [7, 11) is 0. The van der Waals surface area contributed by atoms with Crippen molar-refractivity contribution in [3.8, 4) is 11.4 Å². The highest BCUT2D eigenvalue weighted by molar-refractivity contribution is 7.25. The van der Waals surface area contributed by atoms with Crippen LogP contribution in [0, 0.1) is 0 Å². The number of hydrogen-bond acceptors (Lipinski definition) is 4. The maximum Gasteiger partial charge on any atom is 0.135 e. The van der Waals surface area contributed by atoms with Gasteiger partial charge in [-0.3, -0.25) is 0 Å². The van der Waals surface area contributed by atoms with Gasteiger partial charge >= 0.3 is 0 Å². The Hall–Kier alpha value is -10.6. The summed E-state index contributed by atoms with van der Waals surface area (Å²) in [6.45, 7) is 5.82. The van der Waals surface area contributed by atoms with Crippen LogP contribution in [0.25, 0.3) is 98.7 Å². The molecule has 11 aromatic carbocycles. The zero-order valence-corrected chi connectivity index (χ0v) is 45.9. The molecular weight excluding hydrogens is 1020 g/mol. The van der Waals surface area contributed by atoms with Crippen molar-refractivity contribution in [1.29, 1.82) is 0 Å². The molecule has 0 saturated carbocycles. The average Bonchev–Trinajstić information content (AvgIpc) is 4.57. The van der Waals surface area contributed by atoms with Crippen molar-refractivity contribution in [1.82, 2.24) is 14.1 Å². The van der Waals surface area contributed by atoms with Crippen LogP contribution >= 0.6 is 11.3 Å². The maximum atomic E-state index is 5.45. The molecule has 0 aliphatic rings. The van der Waals surface area contributed by atoms with Crippen LogP contribution in [0.3, 0.4) is 0 Å². The lowest BCUT2D eigenvalue weighted by Crippen LogP contribution is -2.16. The Morgan fingerprint density at radius 2 is 0.878 bits per heavy atom. The molecule has 82 heavy (non-hydrogen) atoms. The molecule has 16 aromatic rings. The number of nitrogens with one attached hydrogen (secondary N) is 1. The summed E-state index contributed by atoms with van der Waals surface area (Å²) in [6, 6.07) is 97.0. The third kappa shape index (κ3) is 9.35. The first-order chi connectivity index (χ1) is 40.5. The molecule has 16 rings (SSSR count). The van der Waals surface area contributed by atoms with Crippen molar-refractivity contribution in [2.24, 2.45) is 0 Å². The fourth-order valence-electron chi connectivity index (χ4n) is 11.5. The average molecular weight is 1070 g/mol. The van der Waals surface area contributed by atoms with Gasteiger partial charge in [0.05, 0.1) is 11.0 Å². The zero-order chi connectivity index (χ0) is 54.9. The summed E-state index contributed by atoms with van der Waals surface area (Å²) < 4.78 is 12.5. The Balaban J connectivity index is 0.000000195.